The van der Waals surface area contributed by atoms with Crippen LogP contribution in [0.2, 0.25) is 0 Å². The van der Waals surface area contributed by atoms with E-state index in [0.717, 1.165) is 49.7 Å². The predicted octanol–water partition coefficient (Wildman–Crippen LogP) is 1.38. The molecule has 0 spiro atoms. The van der Waals surface area contributed by atoms with Gasteiger partial charge in [-0.1, -0.05) is 30.3 Å². The Morgan fingerprint density at radius 1 is 1.00 bits per heavy atom. The Morgan fingerprint density at radius 3 is 2.40 bits per heavy atom. The minimum atomic E-state index is 0.576. The number of hydrogen-bond donors (Lipinski definition) is 1. The molecule has 156 valence electrons. The van der Waals surface area contributed by atoms with Gasteiger partial charge in [0.25, 0.3) is 0 Å². The zero-order chi connectivity index (χ0) is 20.8. The van der Waals surface area contributed by atoms with Crippen LogP contribution in [0.15, 0.2) is 53.8 Å². The molecule has 1 aromatic carbocycles. The summed E-state index contributed by atoms with van der Waals surface area (Å²) in [4.78, 5) is 18.1. The number of aryl methyl sites for hydroxylation is 1. The van der Waals surface area contributed by atoms with Crippen molar-refractivity contribution >= 4 is 11.9 Å². The normalized spacial score (nSPS) is 14.8. The highest BCUT2D eigenvalue weighted by atomic mass is 15.4. The first-order chi connectivity index (χ1) is 14.7. The fourth-order valence-electron chi connectivity index (χ4n) is 3.35. The molecule has 3 heterocycles. The topological polar surface area (TPSA) is 87.4 Å². The highest BCUT2D eigenvalue weighted by Gasteiger charge is 2.21. The van der Waals surface area contributed by atoms with Crippen molar-refractivity contribution < 1.29 is 0 Å². The lowest BCUT2D eigenvalue weighted by molar-refractivity contribution is 0.368. The Labute approximate surface area is 176 Å². The van der Waals surface area contributed by atoms with E-state index in [1.165, 1.54) is 5.56 Å². The number of benzene rings is 1. The number of nitrogens with zero attached hydrogens (tertiary/aromatic N) is 8. The number of anilines is 1. The molecule has 1 aliphatic rings. The number of guanidine groups is 1. The van der Waals surface area contributed by atoms with Gasteiger partial charge in [0.2, 0.25) is 5.95 Å². The Bertz CT molecular complexity index is 961. The molecule has 4 rings (SSSR count). The van der Waals surface area contributed by atoms with E-state index in [9.17, 15) is 0 Å². The summed E-state index contributed by atoms with van der Waals surface area (Å²) in [5.41, 5.74) is 1.18. The fraction of sp³-hybridized carbons (Fsp3) is 0.381. The van der Waals surface area contributed by atoms with Crippen LogP contribution in [-0.2, 0) is 20.1 Å². The predicted molar refractivity (Wildman–Crippen MR) is 116 cm³/mol. The van der Waals surface area contributed by atoms with Crippen molar-refractivity contribution in [2.75, 3.05) is 31.1 Å². The first-order valence-electron chi connectivity index (χ1n) is 10.1. The lowest BCUT2D eigenvalue weighted by atomic mass is 10.2. The minimum Gasteiger partial charge on any atom is -0.349 e. The number of aromatic nitrogens is 5. The van der Waals surface area contributed by atoms with Crippen molar-refractivity contribution in [1.29, 1.82) is 0 Å². The third-order valence-electron chi connectivity index (χ3n) is 5.26. The first-order valence-corrected chi connectivity index (χ1v) is 10.1. The lowest BCUT2D eigenvalue weighted by Crippen LogP contribution is -2.52. The SMILES string of the molecule is Cc1nnc(CNC(=NCc2ccccc2)N2CCN(c3ncccn3)CC2)n1C. The molecule has 9 heteroatoms. The van der Waals surface area contributed by atoms with Crippen LogP contribution in [0.5, 0.6) is 0 Å². The molecule has 30 heavy (non-hydrogen) atoms. The van der Waals surface area contributed by atoms with E-state index in [4.69, 9.17) is 4.99 Å². The van der Waals surface area contributed by atoms with Crippen LogP contribution in [0, 0.1) is 6.92 Å². The molecule has 1 N–H and O–H groups in total. The number of nitrogens with one attached hydrogen (secondary N) is 1. The van der Waals surface area contributed by atoms with E-state index in [-0.39, 0.29) is 0 Å². The van der Waals surface area contributed by atoms with Gasteiger partial charge in [-0.05, 0) is 18.6 Å². The summed E-state index contributed by atoms with van der Waals surface area (Å²) in [5, 5.41) is 11.9. The molecule has 1 aliphatic heterocycles. The van der Waals surface area contributed by atoms with E-state index in [1.54, 1.807) is 12.4 Å². The van der Waals surface area contributed by atoms with Crippen molar-refractivity contribution in [3.8, 4) is 0 Å². The second-order valence-electron chi connectivity index (χ2n) is 7.22. The lowest BCUT2D eigenvalue weighted by Gasteiger charge is -2.36. The Morgan fingerprint density at radius 2 is 1.73 bits per heavy atom. The Balaban J connectivity index is 1.45. The van der Waals surface area contributed by atoms with Gasteiger partial charge in [-0.15, -0.1) is 10.2 Å². The zero-order valence-corrected chi connectivity index (χ0v) is 17.4. The summed E-state index contributed by atoms with van der Waals surface area (Å²) < 4.78 is 1.99. The summed E-state index contributed by atoms with van der Waals surface area (Å²) in [5.74, 6) is 3.44. The molecule has 2 aromatic heterocycles. The van der Waals surface area contributed by atoms with E-state index in [0.29, 0.717) is 13.1 Å². The summed E-state index contributed by atoms with van der Waals surface area (Å²) in [6.45, 7) is 6.54. The van der Waals surface area contributed by atoms with Gasteiger partial charge in [-0.25, -0.2) is 15.0 Å². The molecule has 0 radical (unpaired) electrons. The van der Waals surface area contributed by atoms with Crippen LogP contribution in [0.1, 0.15) is 17.2 Å². The van der Waals surface area contributed by atoms with Crippen LogP contribution >= 0.6 is 0 Å². The van der Waals surface area contributed by atoms with Crippen molar-refractivity contribution in [2.24, 2.45) is 12.0 Å². The monoisotopic (exact) mass is 405 g/mol. The molecule has 0 bridgehead atoms. The molecule has 0 unspecified atom stereocenters. The Kier molecular flexibility index (Phi) is 6.17. The number of hydrogen-bond acceptors (Lipinski definition) is 6. The van der Waals surface area contributed by atoms with Gasteiger partial charge in [0.1, 0.15) is 5.82 Å². The van der Waals surface area contributed by atoms with Crippen LogP contribution in [0.25, 0.3) is 0 Å². The van der Waals surface area contributed by atoms with E-state index in [2.05, 4.69) is 47.4 Å². The number of rotatable bonds is 5. The average molecular weight is 406 g/mol. The molecule has 3 aromatic rings. The zero-order valence-electron chi connectivity index (χ0n) is 17.4. The van der Waals surface area contributed by atoms with Gasteiger partial charge in [0.05, 0.1) is 13.1 Å². The largest absolute Gasteiger partial charge is 0.349 e. The molecular formula is C21H27N9. The molecular weight excluding hydrogens is 378 g/mol. The van der Waals surface area contributed by atoms with Gasteiger partial charge in [-0.3, -0.25) is 0 Å². The maximum atomic E-state index is 4.89. The first kappa shape index (κ1) is 19.8. The summed E-state index contributed by atoms with van der Waals surface area (Å²) in [6, 6.07) is 12.1. The van der Waals surface area contributed by atoms with E-state index >= 15 is 0 Å². The number of piperazine rings is 1. The second kappa shape index (κ2) is 9.34. The molecule has 1 fully saturated rings. The minimum absolute atomic E-state index is 0.576. The van der Waals surface area contributed by atoms with Crippen molar-refractivity contribution in [3.05, 3.63) is 66.0 Å². The van der Waals surface area contributed by atoms with Crippen LogP contribution in [0.4, 0.5) is 5.95 Å². The third kappa shape index (κ3) is 4.73. The van der Waals surface area contributed by atoms with Crippen LogP contribution < -0.4 is 10.2 Å². The van der Waals surface area contributed by atoms with Crippen molar-refractivity contribution in [3.63, 3.8) is 0 Å². The van der Waals surface area contributed by atoms with Gasteiger partial charge in [-0.2, -0.15) is 0 Å². The highest BCUT2D eigenvalue weighted by molar-refractivity contribution is 5.80. The van der Waals surface area contributed by atoms with Gasteiger partial charge >= 0.3 is 0 Å². The summed E-state index contributed by atoms with van der Waals surface area (Å²) in [7, 11) is 1.98. The highest BCUT2D eigenvalue weighted by Crippen LogP contribution is 2.11. The van der Waals surface area contributed by atoms with Crippen LogP contribution in [-0.4, -0.2) is 61.8 Å². The van der Waals surface area contributed by atoms with Crippen molar-refractivity contribution in [2.45, 2.75) is 20.0 Å². The van der Waals surface area contributed by atoms with Gasteiger partial charge in [0.15, 0.2) is 11.8 Å². The molecule has 1 saturated heterocycles. The molecule has 0 amide bonds. The third-order valence-corrected chi connectivity index (χ3v) is 5.26. The molecule has 0 aliphatic carbocycles. The summed E-state index contributed by atoms with van der Waals surface area (Å²) >= 11 is 0. The van der Waals surface area contributed by atoms with E-state index < -0.39 is 0 Å². The van der Waals surface area contributed by atoms with Crippen molar-refractivity contribution in [1.82, 2.24) is 34.9 Å². The quantitative estimate of drug-likeness (QED) is 0.507. The van der Waals surface area contributed by atoms with Gasteiger partial charge in [0, 0.05) is 45.6 Å². The molecule has 9 nitrogen and oxygen atoms in total. The average Bonchev–Trinajstić information content (AvgIpc) is 3.13. The van der Waals surface area contributed by atoms with Gasteiger partial charge < -0.3 is 19.7 Å². The molecule has 0 atom stereocenters. The summed E-state index contributed by atoms with van der Waals surface area (Å²) in [6.07, 6.45) is 3.57. The smallest absolute Gasteiger partial charge is 0.225 e. The second-order valence-corrected chi connectivity index (χ2v) is 7.22. The van der Waals surface area contributed by atoms with E-state index in [1.807, 2.05) is 42.8 Å². The fourth-order valence-corrected chi connectivity index (χ4v) is 3.35. The maximum absolute atomic E-state index is 4.89. The number of aliphatic imine (C=N–C) groups is 1. The van der Waals surface area contributed by atoms with Crippen LogP contribution in [0.3, 0.4) is 0 Å². The molecule has 0 saturated carbocycles. The standard InChI is InChI=1S/C21H27N9/c1-17-26-27-19(28(17)2)16-25-21(24-15-18-7-4-3-5-8-18)30-13-11-29(12-14-30)20-22-9-6-10-23-20/h3-10H,11-16H2,1-2H3,(H,24,25). The maximum Gasteiger partial charge on any atom is 0.225 e. The Hall–Kier alpha value is -3.49.